The lowest BCUT2D eigenvalue weighted by molar-refractivity contribution is -0.131. The number of aromatic hydroxyl groups is 1. The van der Waals surface area contributed by atoms with Gasteiger partial charge in [-0.2, -0.15) is 0 Å². The number of methoxy groups -OCH3 is 1. The number of nitrogens with one attached hydrogen (secondary N) is 3. The monoisotopic (exact) mass is 875 g/mol. The van der Waals surface area contributed by atoms with E-state index in [1.807, 2.05) is 0 Å². The number of halogens is 4. The van der Waals surface area contributed by atoms with Gasteiger partial charge in [-0.3, -0.25) is 14.4 Å². The quantitative estimate of drug-likeness (QED) is 0.127. The molecule has 0 fully saturated rings. The highest BCUT2D eigenvalue weighted by Gasteiger charge is 2.30. The normalized spacial score (nSPS) is 12.2. The standard InChI is InChI=1S/C31H33Br4N3O7/c1-17(39)36-9-3-11-45-21-6-4-18(5-7-21)14-26(40)38-27(28(41)20-15-24(34)30(44-2)25(35)16-20)31(43)37-10-8-19-12-22(32)29(42)23(33)13-19/h4-7,12-13,15-16,27-28,41-42H,3,8-11,14H2,1-2H3,(H,36,39)(H,37,43)(H,38,40)/t27-,28?/m0/s1. The summed E-state index contributed by atoms with van der Waals surface area (Å²) in [5, 5.41) is 29.5. The van der Waals surface area contributed by atoms with Gasteiger partial charge in [0.15, 0.2) is 0 Å². The molecule has 1 unspecified atom stereocenters. The van der Waals surface area contributed by atoms with Gasteiger partial charge in [0.1, 0.15) is 29.4 Å². The Labute approximate surface area is 295 Å². The van der Waals surface area contributed by atoms with Crippen LogP contribution in [0.3, 0.4) is 0 Å². The van der Waals surface area contributed by atoms with Crippen molar-refractivity contribution in [1.82, 2.24) is 16.0 Å². The fourth-order valence-corrected chi connectivity index (χ4v) is 7.09. The van der Waals surface area contributed by atoms with Crippen LogP contribution in [0.15, 0.2) is 66.4 Å². The van der Waals surface area contributed by atoms with Crippen molar-refractivity contribution in [3.63, 3.8) is 0 Å². The van der Waals surface area contributed by atoms with Crippen LogP contribution in [0.1, 0.15) is 36.1 Å². The van der Waals surface area contributed by atoms with Gasteiger partial charge in [0.05, 0.1) is 38.0 Å². The number of phenolic OH excluding ortho intramolecular Hbond substituents is 1. The van der Waals surface area contributed by atoms with Crippen molar-refractivity contribution in [3.8, 4) is 17.2 Å². The Morgan fingerprint density at radius 2 is 1.49 bits per heavy atom. The second-order valence-electron chi connectivity index (χ2n) is 9.96. The Morgan fingerprint density at radius 1 is 0.867 bits per heavy atom. The van der Waals surface area contributed by atoms with Crippen LogP contribution in [0.4, 0.5) is 0 Å². The summed E-state index contributed by atoms with van der Waals surface area (Å²) in [4.78, 5) is 37.5. The molecule has 0 heterocycles. The van der Waals surface area contributed by atoms with Gasteiger partial charge in [0, 0.05) is 20.0 Å². The zero-order valence-corrected chi connectivity index (χ0v) is 30.8. The summed E-state index contributed by atoms with van der Waals surface area (Å²) >= 11 is 13.4. The summed E-state index contributed by atoms with van der Waals surface area (Å²) < 4.78 is 13.2. The molecule has 10 nitrogen and oxygen atoms in total. The molecule has 3 aromatic carbocycles. The van der Waals surface area contributed by atoms with Gasteiger partial charge in [0.25, 0.3) is 0 Å². The minimum absolute atomic E-state index is 0.0368. The molecule has 45 heavy (non-hydrogen) atoms. The van der Waals surface area contributed by atoms with E-state index >= 15 is 0 Å². The Balaban J connectivity index is 1.69. The van der Waals surface area contributed by atoms with E-state index in [1.54, 1.807) is 48.5 Å². The number of phenols is 1. The fraction of sp³-hybridized carbons (Fsp3) is 0.323. The van der Waals surface area contributed by atoms with Gasteiger partial charge in [-0.05, 0) is 130 Å². The highest BCUT2D eigenvalue weighted by atomic mass is 79.9. The van der Waals surface area contributed by atoms with Crippen molar-refractivity contribution in [2.75, 3.05) is 26.8 Å². The first-order valence-corrected chi connectivity index (χ1v) is 17.0. The van der Waals surface area contributed by atoms with Crippen LogP contribution < -0.4 is 25.4 Å². The van der Waals surface area contributed by atoms with Crippen molar-refractivity contribution >= 4 is 81.4 Å². The van der Waals surface area contributed by atoms with E-state index < -0.39 is 24.0 Å². The Morgan fingerprint density at radius 3 is 2.07 bits per heavy atom. The number of amides is 3. The average Bonchev–Trinajstić information content (AvgIpc) is 2.98. The van der Waals surface area contributed by atoms with Gasteiger partial charge in [-0.1, -0.05) is 12.1 Å². The smallest absolute Gasteiger partial charge is 0.245 e. The van der Waals surface area contributed by atoms with Gasteiger partial charge >= 0.3 is 0 Å². The van der Waals surface area contributed by atoms with Crippen LogP contribution in [-0.2, 0) is 27.2 Å². The number of aliphatic hydroxyl groups excluding tert-OH is 1. The number of hydrogen-bond acceptors (Lipinski definition) is 7. The summed E-state index contributed by atoms with van der Waals surface area (Å²) in [6.45, 7) is 2.61. The minimum Gasteiger partial charge on any atom is -0.506 e. The van der Waals surface area contributed by atoms with Crippen LogP contribution in [0.2, 0.25) is 0 Å². The van der Waals surface area contributed by atoms with Crippen LogP contribution in [0, 0.1) is 0 Å². The summed E-state index contributed by atoms with van der Waals surface area (Å²) in [5.74, 6) is 0.0901. The molecule has 0 saturated heterocycles. The third-order valence-corrected chi connectivity index (χ3v) is 8.91. The highest BCUT2D eigenvalue weighted by Crippen LogP contribution is 2.37. The summed E-state index contributed by atoms with van der Waals surface area (Å²) in [5.41, 5.74) is 1.91. The second kappa shape index (κ2) is 17.9. The third-order valence-electron chi connectivity index (χ3n) is 6.52. The molecule has 3 aromatic rings. The Bertz CT molecular complexity index is 1460. The topological polar surface area (TPSA) is 146 Å². The minimum atomic E-state index is -1.39. The van der Waals surface area contributed by atoms with Gasteiger partial charge in [-0.15, -0.1) is 0 Å². The number of ether oxygens (including phenoxy) is 2. The largest absolute Gasteiger partial charge is 0.506 e. The summed E-state index contributed by atoms with van der Waals surface area (Å²) in [6.07, 6.45) is -0.342. The molecule has 2 atom stereocenters. The molecule has 14 heteroatoms. The number of hydrogen-bond donors (Lipinski definition) is 5. The third kappa shape index (κ3) is 11.3. The predicted octanol–water partition coefficient (Wildman–Crippen LogP) is 5.48. The number of carbonyl (C=O) groups is 3. The molecule has 3 amide bonds. The van der Waals surface area contributed by atoms with E-state index in [2.05, 4.69) is 79.7 Å². The van der Waals surface area contributed by atoms with E-state index in [9.17, 15) is 24.6 Å². The first kappa shape index (κ1) is 36.8. The van der Waals surface area contributed by atoms with Crippen molar-refractivity contribution in [2.24, 2.45) is 0 Å². The van der Waals surface area contributed by atoms with Crippen molar-refractivity contribution < 1.29 is 34.1 Å². The maximum absolute atomic E-state index is 13.4. The zero-order valence-electron chi connectivity index (χ0n) is 24.5. The van der Waals surface area contributed by atoms with Crippen molar-refractivity contribution in [2.45, 2.75) is 38.3 Å². The maximum atomic E-state index is 13.4. The fourth-order valence-electron chi connectivity index (χ4n) is 4.27. The number of aliphatic hydroxyl groups is 1. The number of benzene rings is 3. The maximum Gasteiger partial charge on any atom is 0.245 e. The van der Waals surface area contributed by atoms with E-state index in [0.717, 1.165) is 5.56 Å². The SMILES string of the molecule is COc1c(Br)cc(C(O)[C@H](NC(=O)Cc2ccc(OCCCNC(C)=O)cc2)C(=O)NCCc2cc(Br)c(O)c(Br)c2)cc1Br. The average molecular weight is 879 g/mol. The Kier molecular flexibility index (Phi) is 14.6. The molecule has 3 rings (SSSR count). The van der Waals surface area contributed by atoms with Gasteiger partial charge < -0.3 is 35.6 Å². The van der Waals surface area contributed by atoms with Crippen LogP contribution >= 0.6 is 63.7 Å². The summed E-state index contributed by atoms with van der Waals surface area (Å²) in [6, 6.07) is 12.4. The first-order valence-electron chi connectivity index (χ1n) is 13.8. The van der Waals surface area contributed by atoms with Crippen LogP contribution in [-0.4, -0.2) is 60.8 Å². The molecule has 242 valence electrons. The molecule has 0 spiro atoms. The highest BCUT2D eigenvalue weighted by molar-refractivity contribution is 9.11. The molecule has 0 aliphatic carbocycles. The van der Waals surface area contributed by atoms with E-state index in [-0.39, 0.29) is 24.6 Å². The molecule has 5 N–H and O–H groups in total. The van der Waals surface area contributed by atoms with Crippen molar-refractivity contribution in [1.29, 1.82) is 0 Å². The lowest BCUT2D eigenvalue weighted by atomic mass is 10.0. The zero-order chi connectivity index (χ0) is 33.1. The second-order valence-corrected chi connectivity index (χ2v) is 13.4. The molecule has 0 saturated carbocycles. The number of carbonyl (C=O) groups excluding carboxylic acids is 3. The van der Waals surface area contributed by atoms with Gasteiger partial charge in [0.2, 0.25) is 17.7 Å². The molecular formula is C31H33Br4N3O7. The van der Waals surface area contributed by atoms with Gasteiger partial charge in [-0.25, -0.2) is 0 Å². The summed E-state index contributed by atoms with van der Waals surface area (Å²) in [7, 11) is 1.51. The molecule has 0 radical (unpaired) electrons. The van der Waals surface area contributed by atoms with Crippen LogP contribution in [0.25, 0.3) is 0 Å². The number of rotatable bonds is 15. The predicted molar refractivity (Wildman–Crippen MR) is 184 cm³/mol. The first-order chi connectivity index (χ1) is 21.4. The van der Waals surface area contributed by atoms with E-state index in [0.29, 0.717) is 66.5 Å². The Hall–Kier alpha value is -2.65. The molecule has 0 aliphatic rings. The molecular weight excluding hydrogens is 846 g/mol. The lowest BCUT2D eigenvalue weighted by Gasteiger charge is -2.25. The molecule has 0 aliphatic heterocycles. The lowest BCUT2D eigenvalue weighted by Crippen LogP contribution is -2.50. The van der Waals surface area contributed by atoms with Crippen LogP contribution in [0.5, 0.6) is 17.2 Å². The van der Waals surface area contributed by atoms with E-state index in [4.69, 9.17) is 9.47 Å². The van der Waals surface area contributed by atoms with E-state index in [1.165, 1.54) is 14.0 Å². The molecule has 0 aromatic heterocycles. The molecule has 0 bridgehead atoms. The van der Waals surface area contributed by atoms with Crippen molar-refractivity contribution in [3.05, 3.63) is 83.1 Å².